The first-order valence-electron chi connectivity index (χ1n) is 6.66. The molecule has 0 saturated heterocycles. The fourth-order valence-electron chi connectivity index (χ4n) is 1.99. The normalized spacial score (nSPS) is 10.8. The third-order valence-electron chi connectivity index (χ3n) is 3.21. The zero-order valence-electron chi connectivity index (χ0n) is 12.1. The highest BCUT2D eigenvalue weighted by Crippen LogP contribution is 2.22. The van der Waals surface area contributed by atoms with Crippen molar-refractivity contribution in [2.75, 3.05) is 7.11 Å². The van der Waals surface area contributed by atoms with Crippen LogP contribution in [-0.2, 0) is 5.88 Å². The third kappa shape index (κ3) is 3.96. The molecule has 0 aliphatic heterocycles. The van der Waals surface area contributed by atoms with Crippen LogP contribution in [0.2, 0.25) is 0 Å². The average molecular weight is 301 g/mol. The molecule has 2 nitrogen and oxygen atoms in total. The van der Waals surface area contributed by atoms with Crippen LogP contribution in [0.25, 0.3) is 6.08 Å². The number of ketones is 1. The van der Waals surface area contributed by atoms with E-state index in [4.69, 9.17) is 16.3 Å². The minimum absolute atomic E-state index is 0.0155. The van der Waals surface area contributed by atoms with Crippen LogP contribution in [0, 0.1) is 6.92 Å². The van der Waals surface area contributed by atoms with E-state index in [1.165, 1.54) is 0 Å². The summed E-state index contributed by atoms with van der Waals surface area (Å²) < 4.78 is 5.22. The Labute approximate surface area is 130 Å². The lowest BCUT2D eigenvalue weighted by atomic mass is 10.1. The van der Waals surface area contributed by atoms with Crippen molar-refractivity contribution in [3.05, 3.63) is 70.8 Å². The van der Waals surface area contributed by atoms with E-state index in [9.17, 15) is 4.79 Å². The molecule has 0 aliphatic rings. The second-order valence-electron chi connectivity index (χ2n) is 4.77. The maximum Gasteiger partial charge on any atom is 0.185 e. The van der Waals surface area contributed by atoms with Gasteiger partial charge in [0.2, 0.25) is 0 Å². The van der Waals surface area contributed by atoms with E-state index in [-0.39, 0.29) is 5.78 Å². The number of allylic oxidation sites excluding steroid dienone is 1. The van der Waals surface area contributed by atoms with Crippen LogP contribution in [0.1, 0.15) is 27.0 Å². The molecular formula is C18H17ClO2. The number of carbonyl (C=O) groups is 1. The fraction of sp³-hybridized carbons (Fsp3) is 0.167. The number of hydrogen-bond acceptors (Lipinski definition) is 2. The van der Waals surface area contributed by atoms with E-state index >= 15 is 0 Å². The molecule has 0 atom stereocenters. The van der Waals surface area contributed by atoms with E-state index in [0.29, 0.717) is 11.4 Å². The van der Waals surface area contributed by atoms with Gasteiger partial charge in [-0.3, -0.25) is 4.79 Å². The molecule has 21 heavy (non-hydrogen) atoms. The van der Waals surface area contributed by atoms with Crippen LogP contribution >= 0.6 is 11.6 Å². The summed E-state index contributed by atoms with van der Waals surface area (Å²) in [5, 5.41) is 0. The van der Waals surface area contributed by atoms with Crippen molar-refractivity contribution < 1.29 is 9.53 Å². The summed E-state index contributed by atoms with van der Waals surface area (Å²) in [6.07, 6.45) is 3.36. The van der Waals surface area contributed by atoms with Crippen LogP contribution < -0.4 is 4.74 Å². The molecule has 2 aromatic rings. The van der Waals surface area contributed by atoms with Crippen LogP contribution in [0.15, 0.2) is 48.5 Å². The van der Waals surface area contributed by atoms with Crippen molar-refractivity contribution in [1.29, 1.82) is 0 Å². The van der Waals surface area contributed by atoms with Crippen LogP contribution in [0.5, 0.6) is 5.75 Å². The molecule has 2 rings (SSSR count). The minimum Gasteiger partial charge on any atom is -0.496 e. The maximum absolute atomic E-state index is 12.1. The highest BCUT2D eigenvalue weighted by atomic mass is 35.5. The van der Waals surface area contributed by atoms with E-state index < -0.39 is 0 Å². The fourth-order valence-corrected chi connectivity index (χ4v) is 2.20. The van der Waals surface area contributed by atoms with Crippen molar-refractivity contribution in [3.8, 4) is 5.75 Å². The zero-order chi connectivity index (χ0) is 15.2. The number of halogens is 1. The molecule has 0 N–H and O–H groups in total. The smallest absolute Gasteiger partial charge is 0.185 e. The number of rotatable bonds is 5. The number of methoxy groups -OCH3 is 1. The molecule has 0 saturated carbocycles. The summed E-state index contributed by atoms with van der Waals surface area (Å²) in [6.45, 7) is 2.00. The van der Waals surface area contributed by atoms with Crippen molar-refractivity contribution in [2.45, 2.75) is 12.8 Å². The van der Waals surface area contributed by atoms with E-state index in [1.807, 2.05) is 49.4 Å². The lowest BCUT2D eigenvalue weighted by molar-refractivity contribution is 0.104. The number of alkyl halides is 1. The Hall–Kier alpha value is -2.06. The molecule has 0 bridgehead atoms. The molecular weight excluding hydrogens is 284 g/mol. The predicted molar refractivity (Wildman–Crippen MR) is 87.1 cm³/mol. The Morgan fingerprint density at radius 2 is 1.90 bits per heavy atom. The Morgan fingerprint density at radius 1 is 1.19 bits per heavy atom. The van der Waals surface area contributed by atoms with Gasteiger partial charge in [0.1, 0.15) is 5.75 Å². The average Bonchev–Trinajstić information content (AvgIpc) is 2.52. The molecule has 0 fully saturated rings. The lowest BCUT2D eigenvalue weighted by Gasteiger charge is -2.06. The third-order valence-corrected chi connectivity index (χ3v) is 3.50. The van der Waals surface area contributed by atoms with Gasteiger partial charge in [-0.2, -0.15) is 0 Å². The second kappa shape index (κ2) is 7.09. The molecule has 0 amide bonds. The number of ether oxygens (including phenoxy) is 1. The summed E-state index contributed by atoms with van der Waals surface area (Å²) in [5.41, 5.74) is 3.65. The lowest BCUT2D eigenvalue weighted by Crippen LogP contribution is -1.94. The van der Waals surface area contributed by atoms with Gasteiger partial charge in [0.15, 0.2) is 5.78 Å². The molecule has 0 aliphatic carbocycles. The van der Waals surface area contributed by atoms with Crippen molar-refractivity contribution in [3.63, 3.8) is 0 Å². The Balaban J connectivity index is 2.17. The van der Waals surface area contributed by atoms with Crippen LogP contribution in [0.3, 0.4) is 0 Å². The molecule has 0 spiro atoms. The summed E-state index contributed by atoms with van der Waals surface area (Å²) in [6, 6.07) is 13.2. The first-order valence-corrected chi connectivity index (χ1v) is 7.19. The quantitative estimate of drug-likeness (QED) is 0.457. The second-order valence-corrected chi connectivity index (χ2v) is 5.04. The Bertz CT molecular complexity index is 657. The van der Waals surface area contributed by atoms with Gasteiger partial charge in [0.25, 0.3) is 0 Å². The van der Waals surface area contributed by atoms with Gasteiger partial charge in [0, 0.05) is 11.1 Å². The summed E-state index contributed by atoms with van der Waals surface area (Å²) in [4.78, 5) is 12.1. The highest BCUT2D eigenvalue weighted by molar-refractivity contribution is 6.17. The molecule has 3 heteroatoms. The molecule has 2 aromatic carbocycles. The SMILES string of the molecule is COc1ccc(/C=C/C(=O)c2ccc(C)cc2)cc1CCl. The first-order chi connectivity index (χ1) is 10.1. The maximum atomic E-state index is 12.1. The molecule has 0 heterocycles. The Kier molecular flexibility index (Phi) is 5.18. The molecule has 0 aromatic heterocycles. The van der Waals surface area contributed by atoms with Crippen molar-refractivity contribution in [1.82, 2.24) is 0 Å². The summed E-state index contributed by atoms with van der Waals surface area (Å²) in [7, 11) is 1.61. The predicted octanol–water partition coefficient (Wildman–Crippen LogP) is 4.64. The van der Waals surface area contributed by atoms with Gasteiger partial charge in [-0.25, -0.2) is 0 Å². The highest BCUT2D eigenvalue weighted by Gasteiger charge is 2.03. The number of benzene rings is 2. The molecule has 0 unspecified atom stereocenters. The largest absolute Gasteiger partial charge is 0.496 e. The molecule has 0 radical (unpaired) electrons. The van der Waals surface area contributed by atoms with Gasteiger partial charge in [0.05, 0.1) is 13.0 Å². The van der Waals surface area contributed by atoms with E-state index in [1.54, 1.807) is 19.3 Å². The minimum atomic E-state index is -0.0155. The van der Waals surface area contributed by atoms with Gasteiger partial charge in [-0.1, -0.05) is 42.0 Å². The van der Waals surface area contributed by atoms with Gasteiger partial charge in [-0.15, -0.1) is 11.6 Å². The van der Waals surface area contributed by atoms with Crippen molar-refractivity contribution in [2.24, 2.45) is 0 Å². The van der Waals surface area contributed by atoms with Gasteiger partial charge >= 0.3 is 0 Å². The van der Waals surface area contributed by atoms with E-state index in [2.05, 4.69) is 0 Å². The molecule has 108 valence electrons. The van der Waals surface area contributed by atoms with Gasteiger partial charge < -0.3 is 4.74 Å². The van der Waals surface area contributed by atoms with Gasteiger partial charge in [-0.05, 0) is 30.7 Å². The summed E-state index contributed by atoms with van der Waals surface area (Å²) in [5.74, 6) is 1.11. The monoisotopic (exact) mass is 300 g/mol. The number of hydrogen-bond donors (Lipinski definition) is 0. The summed E-state index contributed by atoms with van der Waals surface area (Å²) >= 11 is 5.89. The number of carbonyl (C=O) groups excluding carboxylic acids is 1. The zero-order valence-corrected chi connectivity index (χ0v) is 12.9. The Morgan fingerprint density at radius 3 is 2.52 bits per heavy atom. The van der Waals surface area contributed by atoms with Crippen LogP contribution in [-0.4, -0.2) is 12.9 Å². The number of aryl methyl sites for hydroxylation is 1. The van der Waals surface area contributed by atoms with E-state index in [0.717, 1.165) is 22.4 Å². The van der Waals surface area contributed by atoms with Crippen molar-refractivity contribution >= 4 is 23.5 Å². The standard InChI is InChI=1S/C18H17ClO2/c1-13-3-7-15(8-4-13)17(20)9-5-14-6-10-18(21-2)16(11-14)12-19/h3-11H,12H2,1-2H3/b9-5+. The van der Waals surface area contributed by atoms with Crippen LogP contribution in [0.4, 0.5) is 0 Å². The topological polar surface area (TPSA) is 26.3 Å². The first kappa shape index (κ1) is 15.3.